The molecule has 1 aliphatic heterocycles. The lowest BCUT2D eigenvalue weighted by atomic mass is 10.2. The van der Waals surface area contributed by atoms with E-state index in [2.05, 4.69) is 24.6 Å². The van der Waals surface area contributed by atoms with Crippen LogP contribution in [0, 0.1) is 6.92 Å². The molecule has 0 radical (unpaired) electrons. The van der Waals surface area contributed by atoms with Gasteiger partial charge in [-0.2, -0.15) is 4.98 Å². The summed E-state index contributed by atoms with van der Waals surface area (Å²) < 4.78 is 7.33. The van der Waals surface area contributed by atoms with Gasteiger partial charge in [0.1, 0.15) is 5.82 Å². The topological polar surface area (TPSA) is 103 Å². The predicted molar refractivity (Wildman–Crippen MR) is 77.9 cm³/mol. The third-order valence-electron chi connectivity index (χ3n) is 4.08. The van der Waals surface area contributed by atoms with E-state index in [4.69, 9.17) is 10.3 Å². The molecule has 1 atom stereocenters. The summed E-state index contributed by atoms with van der Waals surface area (Å²) >= 11 is 0. The first-order valence-electron chi connectivity index (χ1n) is 7.50. The second-order valence-corrected chi connectivity index (χ2v) is 5.54. The van der Waals surface area contributed by atoms with Crippen molar-refractivity contribution in [2.24, 2.45) is 5.73 Å². The molecule has 8 nitrogen and oxygen atoms in total. The number of likely N-dealkylation sites (tertiary alicyclic amines) is 1. The molecule has 1 amide bonds. The molecule has 1 saturated heterocycles. The van der Waals surface area contributed by atoms with Gasteiger partial charge in [-0.25, -0.2) is 4.98 Å². The van der Waals surface area contributed by atoms with Gasteiger partial charge < -0.3 is 14.8 Å². The van der Waals surface area contributed by atoms with Crippen molar-refractivity contribution in [3.8, 4) is 0 Å². The van der Waals surface area contributed by atoms with E-state index >= 15 is 0 Å². The lowest BCUT2D eigenvalue weighted by Crippen LogP contribution is -2.25. The molecule has 0 aliphatic carbocycles. The van der Waals surface area contributed by atoms with E-state index in [1.165, 1.54) is 0 Å². The minimum atomic E-state index is -0.657. The quantitative estimate of drug-likeness (QED) is 0.850. The molecule has 2 aromatic heterocycles. The maximum atomic E-state index is 11.1. The van der Waals surface area contributed by atoms with E-state index in [-0.39, 0.29) is 11.9 Å². The van der Waals surface area contributed by atoms with E-state index < -0.39 is 5.91 Å². The van der Waals surface area contributed by atoms with Crippen LogP contribution in [0.15, 0.2) is 16.9 Å². The first-order valence-corrected chi connectivity index (χ1v) is 7.50. The number of rotatable bonds is 6. The molecule has 0 spiro atoms. The van der Waals surface area contributed by atoms with Crippen LogP contribution in [0.4, 0.5) is 0 Å². The number of primary amides is 1. The molecule has 118 valence electrons. The van der Waals surface area contributed by atoms with Gasteiger partial charge in [-0.3, -0.25) is 9.69 Å². The SMILES string of the molecule is Cc1nccn1CCCN1CCCC1c1nc(C(N)=O)no1. The number of nitrogens with two attached hydrogens (primary N) is 1. The average Bonchev–Trinajstić information content (AvgIpc) is 3.19. The normalized spacial score (nSPS) is 18.9. The fraction of sp³-hybridized carbons (Fsp3) is 0.571. The zero-order valence-corrected chi connectivity index (χ0v) is 12.6. The molecule has 0 aromatic carbocycles. The van der Waals surface area contributed by atoms with E-state index in [1.54, 1.807) is 0 Å². The molecular formula is C14H20N6O2. The molecule has 1 aliphatic rings. The highest BCUT2D eigenvalue weighted by molar-refractivity contribution is 5.88. The molecule has 2 aromatic rings. The van der Waals surface area contributed by atoms with E-state index in [0.29, 0.717) is 5.89 Å². The Morgan fingerprint density at radius 1 is 1.50 bits per heavy atom. The van der Waals surface area contributed by atoms with Crippen molar-refractivity contribution in [1.82, 2.24) is 24.6 Å². The van der Waals surface area contributed by atoms with Crippen LogP contribution >= 0.6 is 0 Å². The number of carbonyl (C=O) groups excluding carboxylic acids is 1. The first kappa shape index (κ1) is 14.7. The van der Waals surface area contributed by atoms with Crippen molar-refractivity contribution in [2.45, 2.75) is 38.8 Å². The molecule has 3 rings (SSSR count). The lowest BCUT2D eigenvalue weighted by Gasteiger charge is -2.21. The van der Waals surface area contributed by atoms with Crippen LogP contribution in [0.1, 0.15) is 47.6 Å². The van der Waals surface area contributed by atoms with Crippen LogP contribution < -0.4 is 5.73 Å². The fourth-order valence-corrected chi connectivity index (χ4v) is 2.93. The number of nitrogens with zero attached hydrogens (tertiary/aromatic N) is 5. The smallest absolute Gasteiger partial charge is 0.290 e. The second-order valence-electron chi connectivity index (χ2n) is 5.54. The largest absolute Gasteiger partial charge is 0.363 e. The predicted octanol–water partition coefficient (Wildman–Crippen LogP) is 0.901. The summed E-state index contributed by atoms with van der Waals surface area (Å²) in [4.78, 5) is 21.7. The van der Waals surface area contributed by atoms with Gasteiger partial charge in [0.2, 0.25) is 5.89 Å². The highest BCUT2D eigenvalue weighted by Crippen LogP contribution is 2.30. The van der Waals surface area contributed by atoms with Crippen LogP contribution in [-0.2, 0) is 6.54 Å². The fourth-order valence-electron chi connectivity index (χ4n) is 2.93. The molecule has 1 unspecified atom stereocenters. The van der Waals surface area contributed by atoms with Gasteiger partial charge in [-0.1, -0.05) is 5.16 Å². The van der Waals surface area contributed by atoms with Crippen molar-refractivity contribution in [2.75, 3.05) is 13.1 Å². The summed E-state index contributed by atoms with van der Waals surface area (Å²) in [5.41, 5.74) is 5.16. The molecule has 0 bridgehead atoms. The Bertz CT molecular complexity index is 649. The standard InChI is InChI=1S/C14H20N6O2/c1-10-16-5-9-19(10)7-3-8-20-6-2-4-11(20)14-17-13(12(15)21)18-22-14/h5,9,11H,2-4,6-8H2,1H3,(H2,15,21). The van der Waals surface area contributed by atoms with Crippen LogP contribution in [0.25, 0.3) is 0 Å². The Kier molecular flexibility index (Phi) is 4.19. The van der Waals surface area contributed by atoms with E-state index in [9.17, 15) is 4.79 Å². The van der Waals surface area contributed by atoms with Crippen molar-refractivity contribution >= 4 is 5.91 Å². The van der Waals surface area contributed by atoms with Gasteiger partial charge in [0.15, 0.2) is 0 Å². The molecule has 22 heavy (non-hydrogen) atoms. The van der Waals surface area contributed by atoms with Crippen molar-refractivity contribution < 1.29 is 9.32 Å². The van der Waals surface area contributed by atoms with Crippen LogP contribution in [-0.4, -0.2) is 43.6 Å². The monoisotopic (exact) mass is 304 g/mol. The Hall–Kier alpha value is -2.22. The minimum Gasteiger partial charge on any atom is -0.363 e. The molecule has 0 saturated carbocycles. The third-order valence-corrected chi connectivity index (χ3v) is 4.08. The van der Waals surface area contributed by atoms with Crippen LogP contribution in [0.3, 0.4) is 0 Å². The molecule has 3 heterocycles. The zero-order chi connectivity index (χ0) is 15.5. The van der Waals surface area contributed by atoms with Gasteiger partial charge in [0.25, 0.3) is 11.7 Å². The summed E-state index contributed by atoms with van der Waals surface area (Å²) in [6.45, 7) is 4.88. The van der Waals surface area contributed by atoms with Crippen LogP contribution in [0.5, 0.6) is 0 Å². The third kappa shape index (κ3) is 3.01. The highest BCUT2D eigenvalue weighted by Gasteiger charge is 2.30. The Morgan fingerprint density at radius 2 is 2.36 bits per heavy atom. The number of imidazole rings is 1. The van der Waals surface area contributed by atoms with Gasteiger partial charge in [0, 0.05) is 25.5 Å². The van der Waals surface area contributed by atoms with E-state index in [0.717, 1.165) is 44.7 Å². The number of carbonyl (C=O) groups is 1. The first-order chi connectivity index (χ1) is 10.6. The summed E-state index contributed by atoms with van der Waals surface area (Å²) in [6.07, 6.45) is 6.88. The van der Waals surface area contributed by atoms with E-state index in [1.807, 2.05) is 19.3 Å². The van der Waals surface area contributed by atoms with Crippen molar-refractivity contribution in [1.29, 1.82) is 0 Å². The van der Waals surface area contributed by atoms with Crippen molar-refractivity contribution in [3.63, 3.8) is 0 Å². The molecule has 2 N–H and O–H groups in total. The number of amides is 1. The molecular weight excluding hydrogens is 284 g/mol. The highest BCUT2D eigenvalue weighted by atomic mass is 16.5. The second kappa shape index (κ2) is 6.27. The van der Waals surface area contributed by atoms with Crippen LogP contribution in [0.2, 0.25) is 0 Å². The minimum absolute atomic E-state index is 0.0455. The lowest BCUT2D eigenvalue weighted by molar-refractivity contribution is 0.0987. The summed E-state index contributed by atoms with van der Waals surface area (Å²) in [5, 5.41) is 3.63. The number of hydrogen-bond donors (Lipinski definition) is 1. The average molecular weight is 304 g/mol. The summed E-state index contributed by atoms with van der Waals surface area (Å²) in [5.74, 6) is 0.817. The zero-order valence-electron chi connectivity index (χ0n) is 12.6. The Morgan fingerprint density at radius 3 is 3.05 bits per heavy atom. The van der Waals surface area contributed by atoms with Crippen molar-refractivity contribution in [3.05, 3.63) is 29.9 Å². The molecule has 1 fully saturated rings. The number of aryl methyl sites for hydroxylation is 2. The maximum absolute atomic E-state index is 11.1. The van der Waals surface area contributed by atoms with Gasteiger partial charge >= 0.3 is 0 Å². The Labute approximate surface area is 128 Å². The summed E-state index contributed by atoms with van der Waals surface area (Å²) in [7, 11) is 0. The number of aromatic nitrogens is 4. The molecule has 8 heteroatoms. The summed E-state index contributed by atoms with van der Waals surface area (Å²) in [6, 6.07) is 0.0875. The van der Waals surface area contributed by atoms with Gasteiger partial charge in [-0.15, -0.1) is 0 Å². The maximum Gasteiger partial charge on any atom is 0.290 e. The van der Waals surface area contributed by atoms with Gasteiger partial charge in [0.05, 0.1) is 6.04 Å². The number of hydrogen-bond acceptors (Lipinski definition) is 6. The Balaban J connectivity index is 1.58. The van der Waals surface area contributed by atoms with Gasteiger partial charge in [-0.05, 0) is 32.7 Å².